The van der Waals surface area contributed by atoms with Crippen molar-refractivity contribution in [2.24, 2.45) is 5.41 Å². The molecule has 92 valence electrons. The van der Waals surface area contributed by atoms with Crippen LogP contribution in [0, 0.1) is 17.3 Å². The van der Waals surface area contributed by atoms with Crippen molar-refractivity contribution in [3.05, 3.63) is 24.3 Å². The van der Waals surface area contributed by atoms with Gasteiger partial charge in [0.25, 0.3) is 0 Å². The largest absolute Gasteiger partial charge is 0.383 e. The van der Waals surface area contributed by atoms with E-state index < -0.39 is 5.60 Å². The minimum atomic E-state index is -1.02. The number of rotatable bonds is 2. The first-order chi connectivity index (χ1) is 7.92. The van der Waals surface area contributed by atoms with E-state index in [2.05, 4.69) is 21.8 Å². The molecule has 1 N–H and O–H groups in total. The Hall–Kier alpha value is -1.40. The molecule has 0 spiro atoms. The Bertz CT molecular complexity index is 411. The molecular weight excluding hydrogens is 212 g/mol. The van der Waals surface area contributed by atoms with E-state index in [1.165, 1.54) is 6.33 Å². The third-order valence-corrected chi connectivity index (χ3v) is 2.92. The van der Waals surface area contributed by atoms with Crippen molar-refractivity contribution < 1.29 is 5.11 Å². The lowest BCUT2D eigenvalue weighted by Gasteiger charge is -2.39. The van der Waals surface area contributed by atoms with E-state index in [9.17, 15) is 5.11 Å². The number of hydrogen-bond donors (Lipinski definition) is 1. The fourth-order valence-corrected chi connectivity index (χ4v) is 1.63. The molecule has 1 rings (SSSR count). The van der Waals surface area contributed by atoms with Crippen molar-refractivity contribution in [1.29, 1.82) is 0 Å². The fourth-order valence-electron chi connectivity index (χ4n) is 1.63. The van der Waals surface area contributed by atoms with Crippen LogP contribution in [0.25, 0.3) is 0 Å². The number of nitrogens with zero attached hydrogens (tertiary/aromatic N) is 2. The molecule has 1 atom stereocenters. The van der Waals surface area contributed by atoms with Gasteiger partial charge in [-0.15, -0.1) is 5.92 Å². The highest BCUT2D eigenvalue weighted by Gasteiger charge is 2.41. The number of aliphatic hydroxyl groups is 1. The highest BCUT2D eigenvalue weighted by atomic mass is 16.3. The van der Waals surface area contributed by atoms with Crippen LogP contribution in [-0.2, 0) is 5.60 Å². The van der Waals surface area contributed by atoms with Crippen LogP contribution in [0.4, 0.5) is 0 Å². The Morgan fingerprint density at radius 3 is 2.24 bits per heavy atom. The lowest BCUT2D eigenvalue weighted by molar-refractivity contribution is -0.0604. The molecule has 1 unspecified atom stereocenters. The standard InChI is InChI=1S/C14H20N2O/c1-5-6-7-8-14(17,13(2,3)4)12-9-15-11-16-10-12/h9-11,17H,5,8H2,1-4H3. The number of aromatic nitrogens is 2. The lowest BCUT2D eigenvalue weighted by Crippen LogP contribution is -2.40. The van der Waals surface area contributed by atoms with Crippen LogP contribution in [0.1, 0.15) is 46.1 Å². The van der Waals surface area contributed by atoms with E-state index in [1.807, 2.05) is 27.7 Å². The SMILES string of the molecule is CCC#CCC(O)(c1cncnc1)C(C)(C)C. The van der Waals surface area contributed by atoms with Crippen molar-refractivity contribution in [3.63, 3.8) is 0 Å². The molecule has 0 saturated carbocycles. The summed E-state index contributed by atoms with van der Waals surface area (Å²) in [5, 5.41) is 10.9. The van der Waals surface area contributed by atoms with Crippen LogP contribution >= 0.6 is 0 Å². The van der Waals surface area contributed by atoms with E-state index in [0.717, 1.165) is 12.0 Å². The van der Waals surface area contributed by atoms with Gasteiger partial charge in [0, 0.05) is 30.8 Å². The summed E-state index contributed by atoms with van der Waals surface area (Å²) in [6, 6.07) is 0. The Balaban J connectivity index is 3.12. The van der Waals surface area contributed by atoms with Gasteiger partial charge in [-0.3, -0.25) is 0 Å². The first-order valence-electron chi connectivity index (χ1n) is 5.85. The maximum absolute atomic E-state index is 10.9. The average Bonchev–Trinajstić information content (AvgIpc) is 2.29. The first kappa shape index (κ1) is 13.7. The molecule has 0 aliphatic heterocycles. The molecule has 17 heavy (non-hydrogen) atoms. The monoisotopic (exact) mass is 232 g/mol. The quantitative estimate of drug-likeness (QED) is 0.797. The summed E-state index contributed by atoms with van der Waals surface area (Å²) in [5.41, 5.74) is -0.616. The van der Waals surface area contributed by atoms with E-state index in [0.29, 0.717) is 6.42 Å². The minimum Gasteiger partial charge on any atom is -0.383 e. The zero-order valence-electron chi connectivity index (χ0n) is 11.0. The summed E-state index contributed by atoms with van der Waals surface area (Å²) in [7, 11) is 0. The molecule has 0 radical (unpaired) electrons. The van der Waals surface area contributed by atoms with E-state index in [-0.39, 0.29) is 5.41 Å². The molecule has 0 fully saturated rings. The second-order valence-electron chi connectivity index (χ2n) is 5.12. The van der Waals surface area contributed by atoms with E-state index in [1.54, 1.807) is 12.4 Å². The molecular formula is C14H20N2O. The molecule has 1 aromatic heterocycles. The van der Waals surface area contributed by atoms with Gasteiger partial charge >= 0.3 is 0 Å². The van der Waals surface area contributed by atoms with Gasteiger partial charge in [0.1, 0.15) is 11.9 Å². The van der Waals surface area contributed by atoms with Crippen LogP contribution in [0.15, 0.2) is 18.7 Å². The van der Waals surface area contributed by atoms with Crippen LogP contribution < -0.4 is 0 Å². The van der Waals surface area contributed by atoms with Crippen molar-refractivity contribution >= 4 is 0 Å². The summed E-state index contributed by atoms with van der Waals surface area (Å²) in [6.45, 7) is 7.98. The summed E-state index contributed by atoms with van der Waals surface area (Å²) in [4.78, 5) is 7.95. The van der Waals surface area contributed by atoms with Crippen molar-refractivity contribution in [1.82, 2.24) is 9.97 Å². The molecule has 0 saturated heterocycles. The third-order valence-electron chi connectivity index (χ3n) is 2.92. The predicted octanol–water partition coefficient (Wildman–Crippen LogP) is 2.51. The average molecular weight is 232 g/mol. The second-order valence-corrected chi connectivity index (χ2v) is 5.12. The maximum Gasteiger partial charge on any atom is 0.115 e. The Morgan fingerprint density at radius 2 is 1.76 bits per heavy atom. The van der Waals surface area contributed by atoms with E-state index in [4.69, 9.17) is 0 Å². The van der Waals surface area contributed by atoms with Gasteiger partial charge in [-0.05, 0) is 5.41 Å². The number of hydrogen-bond acceptors (Lipinski definition) is 3. The highest BCUT2D eigenvalue weighted by molar-refractivity contribution is 5.21. The normalized spacial score (nSPS) is 14.6. The molecule has 0 aliphatic rings. The molecule has 1 heterocycles. The van der Waals surface area contributed by atoms with Crippen LogP contribution in [0.3, 0.4) is 0 Å². The predicted molar refractivity (Wildman–Crippen MR) is 68.1 cm³/mol. The summed E-state index contributed by atoms with van der Waals surface area (Å²) >= 11 is 0. The van der Waals surface area contributed by atoms with Gasteiger partial charge in [-0.1, -0.05) is 33.6 Å². The first-order valence-corrected chi connectivity index (χ1v) is 5.85. The molecule has 1 aromatic rings. The van der Waals surface area contributed by atoms with Crippen molar-refractivity contribution in [2.75, 3.05) is 0 Å². The molecule has 3 heteroatoms. The summed E-state index contributed by atoms with van der Waals surface area (Å²) in [5.74, 6) is 6.02. The summed E-state index contributed by atoms with van der Waals surface area (Å²) < 4.78 is 0. The Morgan fingerprint density at radius 1 is 1.18 bits per heavy atom. The van der Waals surface area contributed by atoms with Gasteiger partial charge in [0.2, 0.25) is 0 Å². The molecule has 0 aliphatic carbocycles. The van der Waals surface area contributed by atoms with Crippen molar-refractivity contribution in [2.45, 2.75) is 46.1 Å². The van der Waals surface area contributed by atoms with Gasteiger partial charge < -0.3 is 5.11 Å². The Kier molecular flexibility index (Phi) is 4.25. The second kappa shape index (κ2) is 5.29. The topological polar surface area (TPSA) is 46.0 Å². The Labute approximate surface area is 103 Å². The molecule has 0 bridgehead atoms. The maximum atomic E-state index is 10.9. The van der Waals surface area contributed by atoms with Crippen LogP contribution in [0.5, 0.6) is 0 Å². The van der Waals surface area contributed by atoms with Gasteiger partial charge in [-0.2, -0.15) is 0 Å². The van der Waals surface area contributed by atoms with Gasteiger partial charge in [-0.25, -0.2) is 9.97 Å². The van der Waals surface area contributed by atoms with Gasteiger partial charge in [0.15, 0.2) is 0 Å². The molecule has 0 aromatic carbocycles. The fraction of sp³-hybridized carbons (Fsp3) is 0.571. The smallest absolute Gasteiger partial charge is 0.115 e. The third kappa shape index (κ3) is 3.04. The zero-order valence-corrected chi connectivity index (χ0v) is 11.0. The van der Waals surface area contributed by atoms with Gasteiger partial charge in [0.05, 0.1) is 0 Å². The van der Waals surface area contributed by atoms with Crippen molar-refractivity contribution in [3.8, 4) is 11.8 Å². The minimum absolute atomic E-state index is 0.319. The zero-order chi connectivity index (χ0) is 12.9. The lowest BCUT2D eigenvalue weighted by atomic mass is 9.71. The van der Waals surface area contributed by atoms with Crippen LogP contribution in [-0.4, -0.2) is 15.1 Å². The highest BCUT2D eigenvalue weighted by Crippen LogP contribution is 2.41. The summed E-state index contributed by atoms with van der Waals surface area (Å²) in [6.07, 6.45) is 5.98. The van der Waals surface area contributed by atoms with E-state index >= 15 is 0 Å². The molecule has 0 amide bonds. The molecule has 3 nitrogen and oxygen atoms in total. The van der Waals surface area contributed by atoms with Crippen LogP contribution in [0.2, 0.25) is 0 Å².